The van der Waals surface area contributed by atoms with Gasteiger partial charge in [-0.1, -0.05) is 0 Å². The molecule has 2 aromatic heterocycles. The highest BCUT2D eigenvalue weighted by atomic mass is 16.6. The van der Waals surface area contributed by atoms with Gasteiger partial charge in [-0.15, -0.1) is 0 Å². The zero-order chi connectivity index (χ0) is 31.1. The van der Waals surface area contributed by atoms with Gasteiger partial charge < -0.3 is 28.7 Å². The van der Waals surface area contributed by atoms with Crippen molar-refractivity contribution >= 4 is 29.4 Å². The Morgan fingerprint density at radius 2 is 1.56 bits per heavy atom. The number of amides is 2. The number of nitrogens with zero attached hydrogens (tertiary/aromatic N) is 5. The van der Waals surface area contributed by atoms with Crippen LogP contribution in [0.1, 0.15) is 90.3 Å². The fraction of sp³-hybridized carbons (Fsp3) is 0.625. The van der Waals surface area contributed by atoms with E-state index in [1.807, 2.05) is 67.5 Å². The Bertz CT molecular complexity index is 1350. The lowest BCUT2D eigenvalue weighted by Crippen LogP contribution is -2.41. The van der Waals surface area contributed by atoms with Crippen LogP contribution >= 0.6 is 0 Å². The van der Waals surface area contributed by atoms with Gasteiger partial charge in [-0.2, -0.15) is 0 Å². The predicted octanol–water partition coefficient (Wildman–Crippen LogP) is 6.26. The fourth-order valence-electron chi connectivity index (χ4n) is 5.82. The molecule has 0 spiro atoms. The normalized spacial score (nSPS) is 19.6. The van der Waals surface area contributed by atoms with Gasteiger partial charge in [-0.3, -0.25) is 4.98 Å². The second kappa shape index (κ2) is 11.8. The average molecular weight is 596 g/mol. The van der Waals surface area contributed by atoms with E-state index in [1.165, 1.54) is 0 Å². The summed E-state index contributed by atoms with van der Waals surface area (Å²) in [7, 11) is 0. The van der Waals surface area contributed by atoms with E-state index in [9.17, 15) is 9.59 Å². The van der Waals surface area contributed by atoms with Crippen LogP contribution in [0.2, 0.25) is 0 Å². The highest BCUT2D eigenvalue weighted by molar-refractivity contribution is 5.99. The Morgan fingerprint density at radius 3 is 2.19 bits per heavy atom. The number of carbonyl (C=O) groups excluding carboxylic acids is 2. The Balaban J connectivity index is 1.54. The van der Waals surface area contributed by atoms with Gasteiger partial charge in [0.05, 0.1) is 30.2 Å². The highest BCUT2D eigenvalue weighted by Crippen LogP contribution is 2.48. The van der Waals surface area contributed by atoms with Crippen LogP contribution in [0.3, 0.4) is 0 Å². The van der Waals surface area contributed by atoms with Crippen LogP contribution < -0.4 is 14.5 Å². The molecule has 3 aliphatic rings. The lowest BCUT2D eigenvalue weighted by atomic mass is 9.92. The summed E-state index contributed by atoms with van der Waals surface area (Å²) in [6.45, 7) is 18.9. The SMILES string of the molecule is Cc1nc(C2CCN(C(=O)OC(C)(C)C)CC2)cc2c1O[C@@H](C)c1c(N3CCOCC3)ccnc1N2C(=O)OC(C)(C)C. The number of aryl methyl sites for hydroxylation is 1. The summed E-state index contributed by atoms with van der Waals surface area (Å²) < 4.78 is 23.7. The van der Waals surface area contributed by atoms with Crippen molar-refractivity contribution in [1.82, 2.24) is 14.9 Å². The van der Waals surface area contributed by atoms with Crippen molar-refractivity contribution in [1.29, 1.82) is 0 Å². The molecule has 0 aliphatic carbocycles. The van der Waals surface area contributed by atoms with Gasteiger partial charge in [-0.05, 0) is 80.4 Å². The van der Waals surface area contributed by atoms with E-state index in [2.05, 4.69) is 4.90 Å². The first-order valence-corrected chi connectivity index (χ1v) is 15.2. The minimum absolute atomic E-state index is 0.0935. The molecule has 1 atom stereocenters. The third-order valence-electron chi connectivity index (χ3n) is 7.74. The Morgan fingerprint density at radius 1 is 0.930 bits per heavy atom. The van der Waals surface area contributed by atoms with E-state index in [4.69, 9.17) is 28.9 Å². The molecule has 3 aliphatic heterocycles. The first-order chi connectivity index (χ1) is 20.2. The largest absolute Gasteiger partial charge is 0.482 e. The number of carbonyl (C=O) groups is 2. The first-order valence-electron chi connectivity index (χ1n) is 15.2. The van der Waals surface area contributed by atoms with Crippen molar-refractivity contribution in [3.8, 4) is 5.75 Å². The number of pyridine rings is 2. The van der Waals surface area contributed by atoms with E-state index < -0.39 is 23.4 Å². The second-order valence-corrected chi connectivity index (χ2v) is 13.5. The zero-order valence-electron chi connectivity index (χ0n) is 26.7. The van der Waals surface area contributed by atoms with Gasteiger partial charge in [0, 0.05) is 49.7 Å². The standard InChI is InChI=1S/C32H45N5O6/c1-20-27-25(19-23(34-20)22-10-13-36(14-11-22)29(38)42-31(3,4)5)37(30(39)43-32(6,7)8)28-26(21(2)41-27)24(9-12-33-28)35-15-17-40-18-16-35/h9,12,19,21-22H,10-11,13-18H2,1-8H3/t21-/m0/s1. The average Bonchev–Trinajstić information content (AvgIpc) is 3.06. The third kappa shape index (κ3) is 6.82. The Hall–Kier alpha value is -3.60. The van der Waals surface area contributed by atoms with Crippen LogP contribution in [0, 0.1) is 6.92 Å². The molecule has 11 nitrogen and oxygen atoms in total. The number of likely N-dealkylation sites (tertiary alicyclic amines) is 1. The van der Waals surface area contributed by atoms with Gasteiger partial charge in [0.15, 0.2) is 11.6 Å². The fourth-order valence-corrected chi connectivity index (χ4v) is 5.82. The van der Waals surface area contributed by atoms with Crippen LogP contribution in [0.15, 0.2) is 18.3 Å². The number of rotatable bonds is 2. The predicted molar refractivity (Wildman–Crippen MR) is 163 cm³/mol. The maximum absolute atomic E-state index is 14.0. The summed E-state index contributed by atoms with van der Waals surface area (Å²) in [6.07, 6.45) is 1.95. The summed E-state index contributed by atoms with van der Waals surface area (Å²) in [6, 6.07) is 3.91. The lowest BCUT2D eigenvalue weighted by Gasteiger charge is -2.34. The number of anilines is 3. The number of ether oxygens (including phenoxy) is 4. The molecular formula is C32H45N5O6. The maximum Gasteiger partial charge on any atom is 0.420 e. The molecular weight excluding hydrogens is 550 g/mol. The smallest absolute Gasteiger partial charge is 0.420 e. The van der Waals surface area contributed by atoms with Crippen LogP contribution in [0.5, 0.6) is 5.75 Å². The molecule has 0 unspecified atom stereocenters. The molecule has 43 heavy (non-hydrogen) atoms. The number of piperidine rings is 1. The number of hydrogen-bond acceptors (Lipinski definition) is 9. The van der Waals surface area contributed by atoms with Crippen molar-refractivity contribution in [3.63, 3.8) is 0 Å². The van der Waals surface area contributed by atoms with Gasteiger partial charge in [0.1, 0.15) is 17.3 Å². The lowest BCUT2D eigenvalue weighted by molar-refractivity contribution is 0.0203. The monoisotopic (exact) mass is 595 g/mol. The van der Waals surface area contributed by atoms with E-state index in [0.717, 1.165) is 42.9 Å². The van der Waals surface area contributed by atoms with E-state index in [1.54, 1.807) is 16.0 Å². The number of hydrogen-bond donors (Lipinski definition) is 0. The molecule has 0 radical (unpaired) electrons. The summed E-state index contributed by atoms with van der Waals surface area (Å²) in [5.41, 5.74) is 2.60. The maximum atomic E-state index is 14.0. The second-order valence-electron chi connectivity index (χ2n) is 13.5. The van der Waals surface area contributed by atoms with Crippen molar-refractivity contribution in [3.05, 3.63) is 35.3 Å². The minimum Gasteiger partial charge on any atom is -0.482 e. The zero-order valence-corrected chi connectivity index (χ0v) is 26.7. The molecule has 2 aromatic rings. The highest BCUT2D eigenvalue weighted by Gasteiger charge is 2.38. The minimum atomic E-state index is -0.725. The van der Waals surface area contributed by atoms with Crippen molar-refractivity contribution < 1.29 is 28.5 Å². The third-order valence-corrected chi connectivity index (χ3v) is 7.74. The van der Waals surface area contributed by atoms with Gasteiger partial charge >= 0.3 is 12.2 Å². The van der Waals surface area contributed by atoms with Crippen molar-refractivity contribution in [2.24, 2.45) is 0 Å². The van der Waals surface area contributed by atoms with E-state index in [-0.39, 0.29) is 12.0 Å². The van der Waals surface area contributed by atoms with Crippen LogP contribution in [0.25, 0.3) is 0 Å². The first kappa shape index (κ1) is 30.8. The van der Waals surface area contributed by atoms with Gasteiger partial charge in [-0.25, -0.2) is 19.5 Å². The molecule has 234 valence electrons. The Labute approximate surface area is 254 Å². The van der Waals surface area contributed by atoms with E-state index >= 15 is 0 Å². The molecule has 2 saturated heterocycles. The molecule has 2 amide bonds. The van der Waals surface area contributed by atoms with Crippen LogP contribution in [-0.4, -0.2) is 77.6 Å². The summed E-state index contributed by atoms with van der Waals surface area (Å²) >= 11 is 0. The van der Waals surface area contributed by atoms with E-state index in [0.29, 0.717) is 49.3 Å². The van der Waals surface area contributed by atoms with Crippen LogP contribution in [0.4, 0.5) is 26.8 Å². The summed E-state index contributed by atoms with van der Waals surface area (Å²) in [5.74, 6) is 1.11. The van der Waals surface area contributed by atoms with Gasteiger partial charge in [0.25, 0.3) is 0 Å². The summed E-state index contributed by atoms with van der Waals surface area (Å²) in [4.78, 5) is 42.0. The molecule has 5 rings (SSSR count). The summed E-state index contributed by atoms with van der Waals surface area (Å²) in [5, 5.41) is 0. The number of aromatic nitrogens is 2. The molecule has 0 bridgehead atoms. The van der Waals surface area contributed by atoms with Crippen LogP contribution in [-0.2, 0) is 14.2 Å². The quantitative estimate of drug-likeness (QED) is 0.397. The van der Waals surface area contributed by atoms with Gasteiger partial charge in [0.2, 0.25) is 0 Å². The molecule has 5 heterocycles. The molecule has 0 N–H and O–H groups in total. The molecule has 11 heteroatoms. The topological polar surface area (TPSA) is 107 Å². The van der Waals surface area contributed by atoms with Crippen molar-refractivity contribution in [2.45, 2.75) is 91.5 Å². The number of morpholine rings is 1. The van der Waals surface area contributed by atoms with Crippen molar-refractivity contribution in [2.75, 3.05) is 49.2 Å². The molecule has 2 fully saturated rings. The Kier molecular flexibility index (Phi) is 8.48. The molecule has 0 saturated carbocycles. The number of fused-ring (bicyclic) bond motifs is 2. The molecule has 0 aromatic carbocycles.